The van der Waals surface area contributed by atoms with Crippen molar-refractivity contribution in [2.75, 3.05) is 4.90 Å². The first-order valence-electron chi connectivity index (χ1n) is 16.6. The number of hydrogen-bond donors (Lipinski definition) is 0. The van der Waals surface area contributed by atoms with E-state index in [1.165, 1.54) is 52.3 Å². The summed E-state index contributed by atoms with van der Waals surface area (Å²) in [6, 6.07) is 63.6. The fourth-order valence-corrected chi connectivity index (χ4v) is 10.0. The Balaban J connectivity index is 1.18. The molecule has 10 rings (SSSR count). The van der Waals surface area contributed by atoms with Crippen LogP contribution in [0.5, 0.6) is 0 Å². The molecule has 0 aliphatic rings. The van der Waals surface area contributed by atoms with Crippen molar-refractivity contribution in [3.63, 3.8) is 0 Å². The zero-order chi connectivity index (χ0) is 32.3. The van der Waals surface area contributed by atoms with Crippen LogP contribution in [0, 0.1) is 0 Å². The predicted molar refractivity (Wildman–Crippen MR) is 209 cm³/mol. The van der Waals surface area contributed by atoms with Gasteiger partial charge in [-0.3, -0.25) is 0 Å². The van der Waals surface area contributed by atoms with Crippen LogP contribution in [0.15, 0.2) is 180 Å². The quantitative estimate of drug-likeness (QED) is 0.167. The maximum absolute atomic E-state index is 6.41. The third-order valence-corrected chi connectivity index (χ3v) is 12.2. The van der Waals surface area contributed by atoms with E-state index in [-0.39, 0.29) is 14.5 Å². The Bertz CT molecular complexity index is 2840. The van der Waals surface area contributed by atoms with Gasteiger partial charge in [-0.05, 0) is 0 Å². The van der Waals surface area contributed by atoms with E-state index in [9.17, 15) is 0 Å². The van der Waals surface area contributed by atoms with Crippen molar-refractivity contribution in [2.45, 2.75) is 0 Å². The van der Waals surface area contributed by atoms with Gasteiger partial charge in [0.05, 0.1) is 0 Å². The molecule has 49 heavy (non-hydrogen) atoms. The first-order chi connectivity index (χ1) is 24.3. The van der Waals surface area contributed by atoms with Gasteiger partial charge in [0, 0.05) is 0 Å². The summed E-state index contributed by atoms with van der Waals surface area (Å²) >= 11 is 0.201. The number of anilines is 3. The maximum atomic E-state index is 6.41. The Hall–Kier alpha value is -5.86. The molecule has 0 saturated heterocycles. The van der Waals surface area contributed by atoms with Crippen LogP contribution < -0.4 is 4.90 Å². The van der Waals surface area contributed by atoms with Crippen molar-refractivity contribution < 1.29 is 4.42 Å². The van der Waals surface area contributed by atoms with E-state index < -0.39 is 0 Å². The normalized spacial score (nSPS) is 11.7. The van der Waals surface area contributed by atoms with Crippen LogP contribution in [0.25, 0.3) is 74.3 Å². The van der Waals surface area contributed by atoms with Crippen LogP contribution in [-0.2, 0) is 0 Å². The Morgan fingerprint density at radius 3 is 1.90 bits per heavy atom. The summed E-state index contributed by atoms with van der Waals surface area (Å²) in [5, 5.41) is 7.67. The van der Waals surface area contributed by atoms with Gasteiger partial charge >= 0.3 is 285 Å². The average molecular weight is 691 g/mol. The number of benzene rings is 8. The van der Waals surface area contributed by atoms with Crippen LogP contribution in [0.3, 0.4) is 0 Å². The molecule has 3 heteroatoms. The molecule has 0 unspecified atom stereocenters. The predicted octanol–water partition coefficient (Wildman–Crippen LogP) is 12.9. The zero-order valence-electron chi connectivity index (χ0n) is 26.5. The summed E-state index contributed by atoms with van der Waals surface area (Å²) in [4.78, 5) is 2.39. The van der Waals surface area contributed by atoms with Crippen molar-refractivity contribution >= 4 is 83.6 Å². The van der Waals surface area contributed by atoms with E-state index in [0.29, 0.717) is 0 Å². The van der Waals surface area contributed by atoms with E-state index in [4.69, 9.17) is 4.42 Å². The number of hydrogen-bond acceptors (Lipinski definition) is 2. The number of nitrogens with zero attached hydrogens (tertiary/aromatic N) is 1. The van der Waals surface area contributed by atoms with E-state index >= 15 is 0 Å². The van der Waals surface area contributed by atoms with Crippen LogP contribution in [-0.4, -0.2) is 14.5 Å². The van der Waals surface area contributed by atoms with Gasteiger partial charge in [0.25, 0.3) is 0 Å². The summed E-state index contributed by atoms with van der Waals surface area (Å²) in [6.07, 6.45) is 0. The standard InChI is InChI=1S/C46H29NOSe/c1-2-11-30(12-3-1)36-16-6-7-17-37(36)32-14-10-15-33(27-32)47(34-22-25-40-39-19-8-9-20-43(39)48-44(40)28-34)35-23-26-41-42-24-21-31-13-4-5-18-38(31)46(42)49-45(41)29-35/h1-29H. The summed E-state index contributed by atoms with van der Waals surface area (Å²) < 4.78 is 9.30. The van der Waals surface area contributed by atoms with Gasteiger partial charge in [-0.15, -0.1) is 0 Å². The second-order valence-electron chi connectivity index (χ2n) is 12.5. The summed E-state index contributed by atoms with van der Waals surface area (Å²) in [6.45, 7) is 0. The van der Waals surface area contributed by atoms with Crippen LogP contribution in [0.4, 0.5) is 17.1 Å². The fourth-order valence-electron chi connectivity index (χ4n) is 7.35. The van der Waals surface area contributed by atoms with Crippen molar-refractivity contribution in [1.29, 1.82) is 0 Å². The van der Waals surface area contributed by atoms with Gasteiger partial charge in [0.2, 0.25) is 0 Å². The van der Waals surface area contributed by atoms with Crippen molar-refractivity contribution in [2.24, 2.45) is 0 Å². The number of furan rings is 1. The molecule has 230 valence electrons. The molecule has 0 spiro atoms. The molecule has 0 atom stereocenters. The molecule has 0 aliphatic carbocycles. The molecule has 0 bridgehead atoms. The second kappa shape index (κ2) is 11.4. The molecular weight excluding hydrogens is 661 g/mol. The van der Waals surface area contributed by atoms with Crippen molar-refractivity contribution in [1.82, 2.24) is 0 Å². The van der Waals surface area contributed by atoms with Crippen molar-refractivity contribution in [3.8, 4) is 22.3 Å². The number of fused-ring (bicyclic) bond motifs is 8. The Labute approximate surface area is 289 Å². The fraction of sp³-hybridized carbons (Fsp3) is 0. The van der Waals surface area contributed by atoms with E-state index in [0.717, 1.165) is 39.0 Å². The first kappa shape index (κ1) is 28.2. The van der Waals surface area contributed by atoms with Gasteiger partial charge in [-0.2, -0.15) is 0 Å². The third kappa shape index (κ3) is 4.70. The van der Waals surface area contributed by atoms with E-state index in [1.807, 2.05) is 12.1 Å². The molecule has 0 saturated carbocycles. The summed E-state index contributed by atoms with van der Waals surface area (Å²) in [7, 11) is 0. The van der Waals surface area contributed by atoms with Crippen molar-refractivity contribution in [3.05, 3.63) is 176 Å². The third-order valence-electron chi connectivity index (χ3n) is 9.65. The molecule has 0 fully saturated rings. The number of rotatable bonds is 5. The molecule has 0 N–H and O–H groups in total. The molecule has 8 aromatic carbocycles. The summed E-state index contributed by atoms with van der Waals surface area (Å²) in [5.41, 5.74) is 9.92. The molecule has 10 aromatic rings. The van der Waals surface area contributed by atoms with Gasteiger partial charge in [0.15, 0.2) is 0 Å². The van der Waals surface area contributed by atoms with Crippen LogP contribution in [0.1, 0.15) is 0 Å². The molecular formula is C46H29NOSe. The van der Waals surface area contributed by atoms with Gasteiger partial charge < -0.3 is 0 Å². The molecule has 0 radical (unpaired) electrons. The minimum atomic E-state index is 0.201. The SMILES string of the molecule is c1ccc(-c2ccccc2-c2cccc(N(c3ccc4c(c3)oc3ccccc34)c3ccc4c(c3)[se]c3c5ccccc5ccc43)c2)cc1. The summed E-state index contributed by atoms with van der Waals surface area (Å²) in [5.74, 6) is 0. The second-order valence-corrected chi connectivity index (χ2v) is 14.7. The van der Waals surface area contributed by atoms with Gasteiger partial charge in [-0.25, -0.2) is 0 Å². The topological polar surface area (TPSA) is 16.4 Å². The number of para-hydroxylation sites is 1. The van der Waals surface area contributed by atoms with E-state index in [2.05, 4.69) is 169 Å². The van der Waals surface area contributed by atoms with E-state index in [1.54, 1.807) is 0 Å². The Morgan fingerprint density at radius 2 is 1.02 bits per heavy atom. The zero-order valence-corrected chi connectivity index (χ0v) is 28.2. The van der Waals surface area contributed by atoms with Gasteiger partial charge in [-0.1, -0.05) is 6.07 Å². The molecule has 2 heterocycles. The first-order valence-corrected chi connectivity index (χ1v) is 18.3. The molecule has 0 aliphatic heterocycles. The Morgan fingerprint density at radius 1 is 0.388 bits per heavy atom. The monoisotopic (exact) mass is 691 g/mol. The Kier molecular flexibility index (Phi) is 6.55. The van der Waals surface area contributed by atoms with Crippen LogP contribution in [0.2, 0.25) is 0 Å². The molecule has 2 aromatic heterocycles. The molecule has 2 nitrogen and oxygen atoms in total. The molecule has 0 amide bonds. The average Bonchev–Trinajstić information content (AvgIpc) is 3.73. The van der Waals surface area contributed by atoms with Crippen LogP contribution >= 0.6 is 0 Å². The minimum absolute atomic E-state index is 0.201. The van der Waals surface area contributed by atoms with Gasteiger partial charge in [0.1, 0.15) is 0 Å².